The third-order valence-electron chi connectivity index (χ3n) is 5.92. The number of fused-ring (bicyclic) bond motifs is 4. The topological polar surface area (TPSA) is 31.0 Å². The molecule has 5 aromatic rings. The van der Waals surface area contributed by atoms with Crippen LogP contribution in [0.5, 0.6) is 0 Å². The number of aryl methyl sites for hydroxylation is 2. The molecule has 3 aromatic carbocycles. The van der Waals surface area contributed by atoms with Gasteiger partial charge >= 0.3 is 0 Å². The van der Waals surface area contributed by atoms with E-state index in [2.05, 4.69) is 84.4 Å². The standard InChI is InChI=1S/C26H20N2O/c1-28-23-11-4-3-10-22(23)27-26(28)18-15-13-17(14-16-18)19-8-6-9-21-20-7-2-5-12-24(20)29-25(19)21/h3-6,8-16H,2,7H2,1H3. The van der Waals surface area contributed by atoms with Crippen LogP contribution in [0.1, 0.15) is 17.7 Å². The zero-order valence-electron chi connectivity index (χ0n) is 16.2. The molecule has 0 unspecified atom stereocenters. The molecule has 1 aliphatic carbocycles. The molecule has 3 nitrogen and oxygen atoms in total. The number of nitrogens with zero attached hydrogens (tertiary/aromatic N) is 2. The molecule has 0 atom stereocenters. The highest BCUT2D eigenvalue weighted by atomic mass is 16.3. The zero-order valence-corrected chi connectivity index (χ0v) is 16.2. The van der Waals surface area contributed by atoms with Crippen molar-refractivity contribution in [2.24, 2.45) is 7.05 Å². The molecule has 1 aliphatic rings. The lowest BCUT2D eigenvalue weighted by Gasteiger charge is -2.06. The lowest BCUT2D eigenvalue weighted by atomic mass is 9.97. The number of imidazole rings is 1. The van der Waals surface area contributed by atoms with Gasteiger partial charge in [-0.15, -0.1) is 0 Å². The molecule has 6 rings (SSSR count). The van der Waals surface area contributed by atoms with Gasteiger partial charge in [0.1, 0.15) is 17.2 Å². The highest BCUT2D eigenvalue weighted by Crippen LogP contribution is 2.37. The normalized spacial score (nSPS) is 13.3. The van der Waals surface area contributed by atoms with Crippen molar-refractivity contribution in [2.75, 3.05) is 0 Å². The van der Waals surface area contributed by atoms with Gasteiger partial charge in [0.25, 0.3) is 0 Å². The van der Waals surface area contributed by atoms with E-state index in [4.69, 9.17) is 9.40 Å². The second-order valence-electron chi connectivity index (χ2n) is 7.63. The van der Waals surface area contributed by atoms with Crippen molar-refractivity contribution in [1.82, 2.24) is 9.55 Å². The summed E-state index contributed by atoms with van der Waals surface area (Å²) >= 11 is 0. The van der Waals surface area contributed by atoms with Crippen LogP contribution in [-0.4, -0.2) is 9.55 Å². The summed E-state index contributed by atoms with van der Waals surface area (Å²) in [5.74, 6) is 1.99. The van der Waals surface area contributed by atoms with Crippen LogP contribution in [0.4, 0.5) is 0 Å². The van der Waals surface area contributed by atoms with Crippen molar-refractivity contribution in [3.63, 3.8) is 0 Å². The van der Waals surface area contributed by atoms with Crippen LogP contribution in [0.2, 0.25) is 0 Å². The smallest absolute Gasteiger partial charge is 0.142 e. The molecule has 140 valence electrons. The minimum Gasteiger partial charge on any atom is -0.456 e. The average Bonchev–Trinajstić information content (AvgIpc) is 3.32. The number of allylic oxidation sites excluding steroid dienone is 1. The first kappa shape index (κ1) is 16.4. The van der Waals surface area contributed by atoms with Gasteiger partial charge in [-0.05, 0) is 36.6 Å². The number of para-hydroxylation sites is 3. The van der Waals surface area contributed by atoms with E-state index >= 15 is 0 Å². The molecule has 0 amide bonds. The molecule has 0 saturated heterocycles. The van der Waals surface area contributed by atoms with Gasteiger partial charge < -0.3 is 8.98 Å². The Morgan fingerprint density at radius 1 is 0.897 bits per heavy atom. The monoisotopic (exact) mass is 376 g/mol. The fourth-order valence-electron chi connectivity index (χ4n) is 4.43. The number of aromatic nitrogens is 2. The van der Waals surface area contributed by atoms with E-state index in [0.29, 0.717) is 0 Å². The third kappa shape index (κ3) is 2.47. The average molecular weight is 376 g/mol. The molecule has 29 heavy (non-hydrogen) atoms. The Bertz CT molecular complexity index is 1400. The van der Waals surface area contributed by atoms with E-state index in [1.165, 1.54) is 10.9 Å². The predicted octanol–water partition coefficient (Wildman–Crippen LogP) is 6.61. The molecule has 2 heterocycles. The summed E-state index contributed by atoms with van der Waals surface area (Å²) in [6, 6.07) is 23.3. The molecule has 0 spiro atoms. The molecule has 0 N–H and O–H groups in total. The summed E-state index contributed by atoms with van der Waals surface area (Å²) in [5.41, 5.74) is 7.90. The Labute approximate surface area is 168 Å². The second kappa shape index (κ2) is 6.21. The Kier molecular flexibility index (Phi) is 3.51. The maximum Gasteiger partial charge on any atom is 0.142 e. The van der Waals surface area contributed by atoms with E-state index in [1.807, 2.05) is 6.07 Å². The fraction of sp³-hybridized carbons (Fsp3) is 0.115. The SMILES string of the molecule is Cn1c(-c2ccc(-c3cccc4c5c(oc34)C=CCC5)cc2)nc2ccccc21. The number of benzene rings is 3. The van der Waals surface area contributed by atoms with E-state index in [0.717, 1.165) is 57.7 Å². The van der Waals surface area contributed by atoms with Crippen LogP contribution in [0.3, 0.4) is 0 Å². The maximum atomic E-state index is 6.25. The van der Waals surface area contributed by atoms with E-state index in [9.17, 15) is 0 Å². The lowest BCUT2D eigenvalue weighted by Crippen LogP contribution is -1.92. The van der Waals surface area contributed by atoms with Gasteiger partial charge in [-0.3, -0.25) is 0 Å². The summed E-state index contributed by atoms with van der Waals surface area (Å²) in [7, 11) is 2.07. The molecule has 2 aromatic heterocycles. The first-order valence-electron chi connectivity index (χ1n) is 10.0. The van der Waals surface area contributed by atoms with Crippen LogP contribution >= 0.6 is 0 Å². The molecule has 3 heteroatoms. The van der Waals surface area contributed by atoms with Crippen LogP contribution in [0, 0.1) is 0 Å². The largest absolute Gasteiger partial charge is 0.456 e. The maximum absolute atomic E-state index is 6.25. The van der Waals surface area contributed by atoms with Crippen LogP contribution in [-0.2, 0) is 13.5 Å². The molecular formula is C26H20N2O. The molecule has 0 radical (unpaired) electrons. The number of hydrogen-bond donors (Lipinski definition) is 0. The molecule has 0 saturated carbocycles. The van der Waals surface area contributed by atoms with E-state index in [-0.39, 0.29) is 0 Å². The van der Waals surface area contributed by atoms with Crippen molar-refractivity contribution >= 4 is 28.1 Å². The molecule has 0 bridgehead atoms. The lowest BCUT2D eigenvalue weighted by molar-refractivity contribution is 0.596. The minimum atomic E-state index is 0.981. The summed E-state index contributed by atoms with van der Waals surface area (Å²) in [4.78, 5) is 4.82. The van der Waals surface area contributed by atoms with Crippen molar-refractivity contribution in [3.8, 4) is 22.5 Å². The quantitative estimate of drug-likeness (QED) is 0.347. The highest BCUT2D eigenvalue weighted by molar-refractivity contribution is 5.96. The van der Waals surface area contributed by atoms with Crippen LogP contribution in [0.25, 0.3) is 50.6 Å². The fourth-order valence-corrected chi connectivity index (χ4v) is 4.43. The Morgan fingerprint density at radius 2 is 1.72 bits per heavy atom. The van der Waals surface area contributed by atoms with Gasteiger partial charge in [0, 0.05) is 29.1 Å². The number of furan rings is 1. The second-order valence-corrected chi connectivity index (χ2v) is 7.63. The van der Waals surface area contributed by atoms with Gasteiger partial charge in [-0.25, -0.2) is 4.98 Å². The van der Waals surface area contributed by atoms with Crippen LogP contribution < -0.4 is 0 Å². The molecular weight excluding hydrogens is 356 g/mol. The van der Waals surface area contributed by atoms with Crippen LogP contribution in [0.15, 0.2) is 77.2 Å². The molecule has 0 fully saturated rings. The Morgan fingerprint density at radius 3 is 2.59 bits per heavy atom. The van der Waals surface area contributed by atoms with Gasteiger partial charge in [-0.2, -0.15) is 0 Å². The predicted molar refractivity (Wildman–Crippen MR) is 119 cm³/mol. The highest BCUT2D eigenvalue weighted by Gasteiger charge is 2.17. The zero-order chi connectivity index (χ0) is 19.4. The first-order chi connectivity index (χ1) is 14.3. The van der Waals surface area contributed by atoms with Crippen molar-refractivity contribution in [1.29, 1.82) is 0 Å². The Hall–Kier alpha value is -3.59. The van der Waals surface area contributed by atoms with Gasteiger partial charge in [0.05, 0.1) is 11.0 Å². The molecule has 0 aliphatic heterocycles. The van der Waals surface area contributed by atoms with Crippen molar-refractivity contribution in [2.45, 2.75) is 12.8 Å². The van der Waals surface area contributed by atoms with Gasteiger partial charge in [0.2, 0.25) is 0 Å². The summed E-state index contributed by atoms with van der Waals surface area (Å²) in [5, 5.41) is 1.24. The first-order valence-corrected chi connectivity index (χ1v) is 10.0. The minimum absolute atomic E-state index is 0.981. The van der Waals surface area contributed by atoms with Crippen molar-refractivity contribution < 1.29 is 4.42 Å². The van der Waals surface area contributed by atoms with Gasteiger partial charge in [-0.1, -0.05) is 60.7 Å². The number of hydrogen-bond acceptors (Lipinski definition) is 2. The summed E-state index contributed by atoms with van der Waals surface area (Å²) in [6.45, 7) is 0. The Balaban J connectivity index is 1.45. The van der Waals surface area contributed by atoms with Gasteiger partial charge in [0.15, 0.2) is 0 Å². The van der Waals surface area contributed by atoms with E-state index in [1.54, 1.807) is 0 Å². The summed E-state index contributed by atoms with van der Waals surface area (Å²) < 4.78 is 8.40. The summed E-state index contributed by atoms with van der Waals surface area (Å²) in [6.07, 6.45) is 6.43. The van der Waals surface area contributed by atoms with E-state index < -0.39 is 0 Å². The van der Waals surface area contributed by atoms with Crippen molar-refractivity contribution in [3.05, 3.63) is 84.1 Å². The number of rotatable bonds is 2. The third-order valence-corrected chi connectivity index (χ3v) is 5.92.